The highest BCUT2D eigenvalue weighted by Gasteiger charge is 2.01. The molecule has 0 unspecified atom stereocenters. The van der Waals surface area contributed by atoms with Crippen LogP contribution in [0.5, 0.6) is 5.75 Å². The van der Waals surface area contributed by atoms with E-state index < -0.39 is 6.09 Å². The van der Waals surface area contributed by atoms with E-state index in [1.165, 1.54) is 0 Å². The molecule has 0 radical (unpaired) electrons. The fourth-order valence-electron chi connectivity index (χ4n) is 1.20. The Morgan fingerprint density at radius 2 is 1.47 bits per heavy atom. The number of azo groups is 1. The third-order valence-electron chi connectivity index (χ3n) is 1.95. The minimum absolute atomic E-state index is 0.449. The number of carbonyl (C=O) groups is 1. The van der Waals surface area contributed by atoms with Crippen molar-refractivity contribution >= 4 is 11.8 Å². The number of hydrogen-bond donors (Lipinski definition) is 0. The standard InChI is InChI=1S/C13H10N2O2/c16-13(17-12-9-5-2-6-10-12)15-14-11-7-3-1-4-8-11/h1-10H. The highest BCUT2D eigenvalue weighted by Crippen LogP contribution is 2.12. The van der Waals surface area contributed by atoms with Crippen molar-refractivity contribution in [1.29, 1.82) is 0 Å². The largest absolute Gasteiger partial charge is 0.457 e. The van der Waals surface area contributed by atoms with Crippen LogP contribution < -0.4 is 4.74 Å². The lowest BCUT2D eigenvalue weighted by Gasteiger charge is -1.97. The van der Waals surface area contributed by atoms with Crippen LogP contribution in [0.2, 0.25) is 0 Å². The topological polar surface area (TPSA) is 51.0 Å². The highest BCUT2D eigenvalue weighted by atomic mass is 16.5. The summed E-state index contributed by atoms with van der Waals surface area (Å²) in [7, 11) is 0. The Balaban J connectivity index is 1.96. The molecule has 0 aromatic heterocycles. The van der Waals surface area contributed by atoms with E-state index >= 15 is 0 Å². The number of rotatable bonds is 2. The minimum Gasteiger partial charge on any atom is -0.408 e. The van der Waals surface area contributed by atoms with Gasteiger partial charge in [0, 0.05) is 0 Å². The second-order valence-corrected chi connectivity index (χ2v) is 3.22. The number of ether oxygens (including phenoxy) is 1. The number of benzene rings is 2. The maximum atomic E-state index is 11.3. The van der Waals surface area contributed by atoms with Gasteiger partial charge in [0.25, 0.3) is 0 Å². The molecule has 0 aliphatic carbocycles. The fraction of sp³-hybridized carbons (Fsp3) is 0. The summed E-state index contributed by atoms with van der Waals surface area (Å²) < 4.78 is 4.94. The van der Waals surface area contributed by atoms with Crippen LogP contribution in [-0.2, 0) is 0 Å². The van der Waals surface area contributed by atoms with E-state index in [0.717, 1.165) is 0 Å². The Morgan fingerprint density at radius 1 is 0.882 bits per heavy atom. The SMILES string of the molecule is O=C(N=Nc1ccccc1)Oc1ccccc1. The maximum absolute atomic E-state index is 11.3. The Labute approximate surface area is 98.6 Å². The van der Waals surface area contributed by atoms with Crippen molar-refractivity contribution in [1.82, 2.24) is 0 Å². The van der Waals surface area contributed by atoms with Crippen LogP contribution in [-0.4, -0.2) is 6.09 Å². The van der Waals surface area contributed by atoms with Crippen molar-refractivity contribution in [3.63, 3.8) is 0 Å². The average Bonchev–Trinajstić information content (AvgIpc) is 2.39. The number of para-hydroxylation sites is 1. The molecule has 0 atom stereocenters. The van der Waals surface area contributed by atoms with Crippen LogP contribution in [0, 0.1) is 0 Å². The van der Waals surface area contributed by atoms with Crippen molar-refractivity contribution in [2.24, 2.45) is 10.2 Å². The molecule has 0 spiro atoms. The Bertz CT molecular complexity index is 509. The zero-order chi connectivity index (χ0) is 11.9. The number of nitrogens with zero attached hydrogens (tertiary/aromatic N) is 2. The van der Waals surface area contributed by atoms with Crippen molar-refractivity contribution < 1.29 is 9.53 Å². The summed E-state index contributed by atoms with van der Waals surface area (Å²) in [5, 5.41) is 7.21. The predicted molar refractivity (Wildman–Crippen MR) is 63.4 cm³/mol. The van der Waals surface area contributed by atoms with Gasteiger partial charge < -0.3 is 4.74 Å². The minimum atomic E-state index is -0.736. The molecule has 17 heavy (non-hydrogen) atoms. The van der Waals surface area contributed by atoms with E-state index in [1.807, 2.05) is 24.3 Å². The van der Waals surface area contributed by atoms with E-state index in [-0.39, 0.29) is 0 Å². The molecule has 0 bridgehead atoms. The smallest absolute Gasteiger partial charge is 0.408 e. The van der Waals surface area contributed by atoms with E-state index in [0.29, 0.717) is 11.4 Å². The van der Waals surface area contributed by atoms with Crippen LogP contribution in [0.1, 0.15) is 0 Å². The lowest BCUT2D eigenvalue weighted by atomic mass is 10.3. The molecule has 0 saturated carbocycles. The molecule has 0 fully saturated rings. The van der Waals surface area contributed by atoms with Gasteiger partial charge in [-0.3, -0.25) is 0 Å². The first kappa shape index (κ1) is 11.0. The first-order chi connectivity index (χ1) is 8.34. The summed E-state index contributed by atoms with van der Waals surface area (Å²) in [5.74, 6) is 0.449. The van der Waals surface area contributed by atoms with E-state index in [1.54, 1.807) is 36.4 Å². The molecule has 0 aliphatic heterocycles. The molecule has 4 heteroatoms. The van der Waals surface area contributed by atoms with Crippen LogP contribution in [0.15, 0.2) is 70.9 Å². The van der Waals surface area contributed by atoms with Gasteiger partial charge in [0.2, 0.25) is 0 Å². The second kappa shape index (κ2) is 5.55. The van der Waals surface area contributed by atoms with Gasteiger partial charge in [-0.15, -0.1) is 5.11 Å². The third-order valence-corrected chi connectivity index (χ3v) is 1.95. The predicted octanol–water partition coefficient (Wildman–Crippen LogP) is 3.97. The molecule has 2 rings (SSSR count). The van der Waals surface area contributed by atoms with Gasteiger partial charge in [0.05, 0.1) is 5.69 Å². The summed E-state index contributed by atoms with van der Waals surface area (Å²) in [5.41, 5.74) is 0.609. The molecule has 2 aromatic rings. The second-order valence-electron chi connectivity index (χ2n) is 3.22. The maximum Gasteiger partial charge on any atom is 0.457 e. The summed E-state index contributed by atoms with van der Waals surface area (Å²) >= 11 is 0. The van der Waals surface area contributed by atoms with Crippen LogP contribution in [0.3, 0.4) is 0 Å². The Kier molecular flexibility index (Phi) is 3.60. The Morgan fingerprint density at radius 3 is 2.12 bits per heavy atom. The van der Waals surface area contributed by atoms with Gasteiger partial charge in [0.15, 0.2) is 0 Å². The first-order valence-corrected chi connectivity index (χ1v) is 5.08. The van der Waals surface area contributed by atoms with Crippen molar-refractivity contribution in [3.05, 3.63) is 60.7 Å². The molecule has 0 N–H and O–H groups in total. The van der Waals surface area contributed by atoms with Crippen molar-refractivity contribution in [2.45, 2.75) is 0 Å². The molecular formula is C13H10N2O2. The number of hydrogen-bond acceptors (Lipinski definition) is 3. The first-order valence-electron chi connectivity index (χ1n) is 5.08. The fourth-order valence-corrected chi connectivity index (χ4v) is 1.20. The van der Waals surface area contributed by atoms with Crippen molar-refractivity contribution in [2.75, 3.05) is 0 Å². The van der Waals surface area contributed by atoms with Gasteiger partial charge in [-0.05, 0) is 24.3 Å². The summed E-state index contributed by atoms with van der Waals surface area (Å²) in [4.78, 5) is 11.3. The summed E-state index contributed by atoms with van der Waals surface area (Å²) in [6.45, 7) is 0. The zero-order valence-electron chi connectivity index (χ0n) is 8.98. The van der Waals surface area contributed by atoms with Crippen LogP contribution in [0.25, 0.3) is 0 Å². The van der Waals surface area contributed by atoms with Crippen LogP contribution in [0.4, 0.5) is 10.5 Å². The van der Waals surface area contributed by atoms with Crippen molar-refractivity contribution in [3.8, 4) is 5.75 Å². The third kappa shape index (κ3) is 3.53. The van der Waals surface area contributed by atoms with E-state index in [9.17, 15) is 4.79 Å². The van der Waals surface area contributed by atoms with Gasteiger partial charge >= 0.3 is 6.09 Å². The molecular weight excluding hydrogens is 216 g/mol. The van der Waals surface area contributed by atoms with Gasteiger partial charge in [-0.1, -0.05) is 41.5 Å². The van der Waals surface area contributed by atoms with Gasteiger partial charge in [0.1, 0.15) is 5.75 Å². The monoisotopic (exact) mass is 226 g/mol. The normalized spacial score (nSPS) is 10.4. The Hall–Kier alpha value is -2.49. The molecule has 2 aromatic carbocycles. The van der Waals surface area contributed by atoms with Crippen LogP contribution >= 0.6 is 0 Å². The van der Waals surface area contributed by atoms with E-state index in [2.05, 4.69) is 10.2 Å². The van der Waals surface area contributed by atoms with Gasteiger partial charge in [-0.2, -0.15) is 0 Å². The highest BCUT2D eigenvalue weighted by molar-refractivity contribution is 5.70. The summed E-state index contributed by atoms with van der Waals surface area (Å²) in [6, 6.07) is 17.7. The van der Waals surface area contributed by atoms with E-state index in [4.69, 9.17) is 4.74 Å². The molecule has 0 saturated heterocycles. The summed E-state index contributed by atoms with van der Waals surface area (Å²) in [6.07, 6.45) is -0.736. The zero-order valence-corrected chi connectivity index (χ0v) is 8.98. The molecule has 1 amide bonds. The molecule has 0 aliphatic rings. The lowest BCUT2D eigenvalue weighted by molar-refractivity contribution is 0.209. The average molecular weight is 226 g/mol. The molecule has 84 valence electrons. The molecule has 4 nitrogen and oxygen atoms in total. The van der Waals surface area contributed by atoms with Gasteiger partial charge in [-0.25, -0.2) is 4.79 Å². The quantitative estimate of drug-likeness (QED) is 0.727. The lowest BCUT2D eigenvalue weighted by Crippen LogP contribution is -2.00. The number of carbonyl (C=O) groups excluding carboxylic acids is 1. The molecule has 0 heterocycles. The number of amides is 1.